The minimum atomic E-state index is -0.557. The van der Waals surface area contributed by atoms with Crippen LogP contribution in [-0.2, 0) is 0 Å². The molecule has 3 rings (SSSR count). The maximum Gasteiger partial charge on any atom is 0.0653 e. The Hall–Kier alpha value is -0.340. The van der Waals surface area contributed by atoms with Crippen LogP contribution in [-0.4, -0.2) is 22.4 Å². The van der Waals surface area contributed by atoms with Gasteiger partial charge in [-0.15, -0.1) is 0 Å². The maximum atomic E-state index is 11.4. The highest BCUT2D eigenvalue weighted by molar-refractivity contribution is 5.13. The number of rotatable bonds is 4. The van der Waals surface area contributed by atoms with E-state index in [0.717, 1.165) is 31.1 Å². The van der Waals surface area contributed by atoms with Gasteiger partial charge in [0.2, 0.25) is 0 Å². The second-order valence-electron chi connectivity index (χ2n) is 11.7. The Kier molecular flexibility index (Phi) is 5.67. The van der Waals surface area contributed by atoms with Crippen molar-refractivity contribution in [3.63, 3.8) is 0 Å². The predicted octanol–water partition coefficient (Wildman–Crippen LogP) is 6.12. The zero-order valence-electron chi connectivity index (χ0n) is 18.8. The van der Waals surface area contributed by atoms with E-state index in [1.54, 1.807) is 0 Å². The van der Waals surface area contributed by atoms with Crippen LogP contribution in [0, 0.1) is 34.0 Å². The number of aliphatic hydroxyl groups is 2. The molecule has 0 amide bonds. The van der Waals surface area contributed by atoms with Crippen LogP contribution in [0.5, 0.6) is 0 Å². The summed E-state index contributed by atoms with van der Waals surface area (Å²) in [5.41, 5.74) is 1.83. The van der Waals surface area contributed by atoms with Gasteiger partial charge in [0.15, 0.2) is 0 Å². The fourth-order valence-electron chi connectivity index (χ4n) is 8.35. The monoisotopic (exact) mass is 376 g/mol. The molecule has 3 aliphatic rings. The number of allylic oxidation sites excluding steroid dienone is 1. The van der Waals surface area contributed by atoms with Gasteiger partial charge < -0.3 is 10.2 Å². The summed E-state index contributed by atoms with van der Waals surface area (Å²) in [5.74, 6) is 1.92. The molecule has 0 saturated heterocycles. The lowest BCUT2D eigenvalue weighted by Crippen LogP contribution is -2.62. The van der Waals surface area contributed by atoms with E-state index in [4.69, 9.17) is 0 Å². The highest BCUT2D eigenvalue weighted by Gasteiger charge is 2.63. The van der Waals surface area contributed by atoms with Crippen LogP contribution < -0.4 is 0 Å². The fourth-order valence-corrected chi connectivity index (χ4v) is 8.35. The number of hydrogen-bond acceptors (Lipinski definition) is 2. The van der Waals surface area contributed by atoms with E-state index in [9.17, 15) is 10.2 Å². The molecular weight excluding hydrogens is 332 g/mol. The Morgan fingerprint density at radius 1 is 0.926 bits per heavy atom. The second kappa shape index (κ2) is 7.17. The first kappa shape index (κ1) is 21.4. The molecule has 156 valence electrons. The van der Waals surface area contributed by atoms with Crippen LogP contribution in [0.3, 0.4) is 0 Å². The van der Waals surface area contributed by atoms with Crippen molar-refractivity contribution in [3.8, 4) is 0 Å². The average Bonchev–Trinajstić information content (AvgIpc) is 2.52. The molecule has 6 atom stereocenters. The first-order valence-corrected chi connectivity index (χ1v) is 11.5. The molecule has 3 fully saturated rings. The lowest BCUT2D eigenvalue weighted by Gasteiger charge is -2.67. The Balaban J connectivity index is 1.91. The van der Waals surface area contributed by atoms with E-state index in [0.29, 0.717) is 16.7 Å². The first-order valence-electron chi connectivity index (χ1n) is 11.5. The van der Waals surface area contributed by atoms with Gasteiger partial charge in [-0.3, -0.25) is 0 Å². The smallest absolute Gasteiger partial charge is 0.0653 e. The summed E-state index contributed by atoms with van der Waals surface area (Å²) in [6.45, 7) is 14.5. The third kappa shape index (κ3) is 3.54. The van der Waals surface area contributed by atoms with Crippen LogP contribution in [0.1, 0.15) is 99.3 Å². The molecule has 0 heterocycles. The summed E-state index contributed by atoms with van der Waals surface area (Å²) >= 11 is 0. The fraction of sp³-hybridized carbons (Fsp3) is 0.920. The molecule has 0 spiro atoms. The molecule has 0 aromatic heterocycles. The van der Waals surface area contributed by atoms with Gasteiger partial charge in [0.05, 0.1) is 12.2 Å². The van der Waals surface area contributed by atoms with E-state index < -0.39 is 5.60 Å². The van der Waals surface area contributed by atoms with Crippen LogP contribution >= 0.6 is 0 Å². The third-order valence-corrected chi connectivity index (χ3v) is 9.59. The van der Waals surface area contributed by atoms with Gasteiger partial charge in [-0.05, 0) is 99.2 Å². The van der Waals surface area contributed by atoms with Crippen LogP contribution in [0.25, 0.3) is 0 Å². The first-order chi connectivity index (χ1) is 12.5. The zero-order valence-corrected chi connectivity index (χ0v) is 18.8. The molecule has 3 unspecified atom stereocenters. The van der Waals surface area contributed by atoms with Gasteiger partial charge in [-0.1, -0.05) is 45.8 Å². The van der Waals surface area contributed by atoms with E-state index >= 15 is 0 Å². The minimum absolute atomic E-state index is 0.127. The second-order valence-corrected chi connectivity index (χ2v) is 11.7. The molecule has 0 radical (unpaired) electrons. The summed E-state index contributed by atoms with van der Waals surface area (Å²) in [4.78, 5) is 0. The van der Waals surface area contributed by atoms with Gasteiger partial charge in [-0.2, -0.15) is 0 Å². The van der Waals surface area contributed by atoms with Gasteiger partial charge in [-0.25, -0.2) is 0 Å². The zero-order chi connectivity index (χ0) is 20.1. The van der Waals surface area contributed by atoms with Crippen LogP contribution in [0.4, 0.5) is 0 Å². The van der Waals surface area contributed by atoms with Crippen molar-refractivity contribution in [2.24, 2.45) is 34.0 Å². The highest BCUT2D eigenvalue weighted by atomic mass is 16.3. The standard InChI is InChI=1S/C25H44O2/c1-18(12-17-26)8-9-21-24(5)15-10-19-22(2,3)13-7-14-23(19,4)20(24)11-16-25(21,6)27/h12,19-21,26-27H,7-11,13-17H2,1-6H3/b18-12-/t19?,20?,21-,23-,24+,25?/m0/s1. The molecule has 3 aliphatic carbocycles. The molecular formula is C25H44O2. The Bertz CT molecular complexity index is 575. The van der Waals surface area contributed by atoms with Gasteiger partial charge in [0.25, 0.3) is 0 Å². The third-order valence-electron chi connectivity index (χ3n) is 9.59. The molecule has 2 nitrogen and oxygen atoms in total. The van der Waals surface area contributed by atoms with Crippen molar-refractivity contribution >= 4 is 0 Å². The molecule has 2 N–H and O–H groups in total. The van der Waals surface area contributed by atoms with Crippen molar-refractivity contribution in [3.05, 3.63) is 11.6 Å². The number of hydrogen-bond donors (Lipinski definition) is 2. The minimum Gasteiger partial charge on any atom is -0.392 e. The van der Waals surface area contributed by atoms with Gasteiger partial charge >= 0.3 is 0 Å². The summed E-state index contributed by atoms with van der Waals surface area (Å²) < 4.78 is 0. The average molecular weight is 377 g/mol. The predicted molar refractivity (Wildman–Crippen MR) is 113 cm³/mol. The van der Waals surface area contributed by atoms with Crippen molar-refractivity contribution in [2.75, 3.05) is 6.61 Å². The van der Waals surface area contributed by atoms with E-state index in [2.05, 4.69) is 41.5 Å². The number of aliphatic hydroxyl groups excluding tert-OH is 1. The van der Waals surface area contributed by atoms with Gasteiger partial charge in [0, 0.05) is 0 Å². The highest BCUT2D eigenvalue weighted by Crippen LogP contribution is 2.70. The number of fused-ring (bicyclic) bond motifs is 3. The summed E-state index contributed by atoms with van der Waals surface area (Å²) in [7, 11) is 0. The van der Waals surface area contributed by atoms with Crippen LogP contribution in [0.2, 0.25) is 0 Å². The molecule has 0 aromatic carbocycles. The topological polar surface area (TPSA) is 40.5 Å². The Labute approximate surface area is 167 Å². The lowest BCUT2D eigenvalue weighted by molar-refractivity contribution is -0.211. The van der Waals surface area contributed by atoms with Crippen LogP contribution in [0.15, 0.2) is 11.6 Å². The van der Waals surface area contributed by atoms with E-state index in [-0.39, 0.29) is 12.0 Å². The van der Waals surface area contributed by atoms with E-state index in [1.807, 2.05) is 6.08 Å². The van der Waals surface area contributed by atoms with Gasteiger partial charge in [0.1, 0.15) is 0 Å². The Morgan fingerprint density at radius 2 is 1.59 bits per heavy atom. The van der Waals surface area contributed by atoms with Crippen molar-refractivity contribution < 1.29 is 10.2 Å². The molecule has 3 saturated carbocycles. The SMILES string of the molecule is C/C(=C/CO)CC[C@@H]1C(C)(O)CCC2[C@@]3(C)CCCC(C)(C)C3CC[C@]21C. The molecule has 2 heteroatoms. The summed E-state index contributed by atoms with van der Waals surface area (Å²) in [5, 5.41) is 20.6. The van der Waals surface area contributed by atoms with Crippen molar-refractivity contribution in [1.29, 1.82) is 0 Å². The lowest BCUT2D eigenvalue weighted by atomic mass is 9.38. The molecule has 0 aliphatic heterocycles. The quantitative estimate of drug-likeness (QED) is 0.581. The molecule has 0 bridgehead atoms. The Morgan fingerprint density at radius 3 is 2.26 bits per heavy atom. The normalized spacial score (nSPS) is 47.3. The van der Waals surface area contributed by atoms with E-state index in [1.165, 1.54) is 44.1 Å². The van der Waals surface area contributed by atoms with Crippen molar-refractivity contribution in [1.82, 2.24) is 0 Å². The summed E-state index contributed by atoms with van der Waals surface area (Å²) in [6.07, 6.45) is 12.8. The molecule has 27 heavy (non-hydrogen) atoms. The maximum absolute atomic E-state index is 11.4. The largest absolute Gasteiger partial charge is 0.392 e. The molecule has 0 aromatic rings. The van der Waals surface area contributed by atoms with Crippen molar-refractivity contribution in [2.45, 2.75) is 105 Å². The summed E-state index contributed by atoms with van der Waals surface area (Å²) in [6, 6.07) is 0.